The number of hydrogen-bond donors (Lipinski definition) is 3. The number of carbonyl (C=O) groups excluding carboxylic acids is 2. The molecular formula is C26H23Cl2FN4O6S. The number of rotatable bonds is 3. The van der Waals surface area contributed by atoms with E-state index in [1.807, 2.05) is 0 Å². The number of anilines is 1. The first-order valence-electron chi connectivity index (χ1n) is 12.0. The largest absolute Gasteiger partial charge is 0.480 e. The molecule has 3 N–H and O–H groups in total. The number of halogens is 3. The van der Waals surface area contributed by atoms with E-state index in [0.717, 1.165) is 11.3 Å². The van der Waals surface area contributed by atoms with Crippen molar-refractivity contribution in [1.82, 2.24) is 15.2 Å². The zero-order valence-electron chi connectivity index (χ0n) is 21.4. The molecule has 0 bridgehead atoms. The molecule has 3 aromatic rings. The number of hydrogen-bond acceptors (Lipinski definition) is 9. The fraction of sp³-hybridized carbons (Fsp3) is 0.308. The molecule has 210 valence electrons. The number of carboxylic acid groups (broad SMARTS) is 1. The molecule has 0 saturated carbocycles. The van der Waals surface area contributed by atoms with Gasteiger partial charge in [-0.25, -0.2) is 19.0 Å². The maximum atomic E-state index is 14.8. The van der Waals surface area contributed by atoms with Gasteiger partial charge >= 0.3 is 18.0 Å². The molecule has 5 rings (SSSR count). The number of amides is 1. The van der Waals surface area contributed by atoms with Crippen molar-refractivity contribution in [3.63, 3.8) is 0 Å². The number of ether oxygens (including phenoxy) is 2. The number of aliphatic carboxylic acids is 1. The van der Waals surface area contributed by atoms with E-state index in [-0.39, 0.29) is 56.3 Å². The van der Waals surface area contributed by atoms with Crippen LogP contribution < -0.4 is 15.4 Å². The summed E-state index contributed by atoms with van der Waals surface area (Å²) in [5.74, 6) is -2.23. The number of carboxylic acids is 1. The maximum absolute atomic E-state index is 14.8. The third-order valence-electron chi connectivity index (χ3n) is 6.11. The van der Waals surface area contributed by atoms with E-state index in [1.165, 1.54) is 18.2 Å². The Morgan fingerprint density at radius 3 is 2.77 bits per heavy atom. The lowest BCUT2D eigenvalue weighted by molar-refractivity contribution is -0.140. The maximum Gasteiger partial charge on any atom is 0.413 e. The molecule has 0 spiro atoms. The summed E-state index contributed by atoms with van der Waals surface area (Å²) in [6, 6.07) is 3.42. The molecule has 14 heteroatoms. The van der Waals surface area contributed by atoms with Gasteiger partial charge in [0.05, 0.1) is 20.3 Å². The predicted molar refractivity (Wildman–Crippen MR) is 148 cm³/mol. The second-order valence-electron chi connectivity index (χ2n) is 10.2. The van der Waals surface area contributed by atoms with Gasteiger partial charge in [-0.1, -0.05) is 34.5 Å². The van der Waals surface area contributed by atoms with Gasteiger partial charge in [0.15, 0.2) is 10.9 Å². The van der Waals surface area contributed by atoms with Crippen LogP contribution in [-0.2, 0) is 20.9 Å². The van der Waals surface area contributed by atoms with E-state index in [4.69, 9.17) is 32.7 Å². The molecule has 0 aliphatic carbocycles. The number of piperazine rings is 1. The Kier molecular flexibility index (Phi) is 7.38. The Hall–Kier alpha value is -3.45. The van der Waals surface area contributed by atoms with Crippen molar-refractivity contribution in [3.8, 4) is 16.9 Å². The Labute approximate surface area is 241 Å². The Bertz CT molecular complexity index is 1600. The van der Waals surface area contributed by atoms with Crippen molar-refractivity contribution in [3.05, 3.63) is 51.4 Å². The minimum Gasteiger partial charge on any atom is -0.480 e. The number of aromatic nitrogens is 1. The highest BCUT2D eigenvalue weighted by Gasteiger charge is 2.32. The van der Waals surface area contributed by atoms with Gasteiger partial charge < -0.3 is 19.5 Å². The molecule has 0 unspecified atom stereocenters. The molecule has 3 heterocycles. The molecule has 2 aromatic carbocycles. The molecule has 1 amide bonds. The zero-order chi connectivity index (χ0) is 28.9. The van der Waals surface area contributed by atoms with Gasteiger partial charge in [0, 0.05) is 48.1 Å². The normalized spacial score (nSPS) is 17.2. The number of esters is 1. The summed E-state index contributed by atoms with van der Waals surface area (Å²) < 4.78 is 25.8. The van der Waals surface area contributed by atoms with Crippen molar-refractivity contribution in [2.75, 3.05) is 18.4 Å². The minimum absolute atomic E-state index is 0.000165. The molecule has 1 atom stereocenters. The van der Waals surface area contributed by atoms with Crippen molar-refractivity contribution < 1.29 is 33.4 Å². The first-order valence-corrected chi connectivity index (χ1v) is 13.6. The van der Waals surface area contributed by atoms with E-state index in [1.54, 1.807) is 31.7 Å². The lowest BCUT2D eigenvalue weighted by Crippen LogP contribution is -2.53. The summed E-state index contributed by atoms with van der Waals surface area (Å²) in [7, 11) is 0. The summed E-state index contributed by atoms with van der Waals surface area (Å²) in [5, 5.41) is 15.1. The van der Waals surface area contributed by atoms with Crippen LogP contribution in [0.15, 0.2) is 30.0 Å². The highest BCUT2D eigenvalue weighted by molar-refractivity contribution is 7.22. The van der Waals surface area contributed by atoms with Crippen LogP contribution in [0.1, 0.15) is 26.3 Å². The number of fused-ring (bicyclic) bond motifs is 3. The van der Waals surface area contributed by atoms with Crippen molar-refractivity contribution in [2.45, 2.75) is 39.0 Å². The number of nitrogens with zero attached hydrogens (tertiary/aromatic N) is 2. The van der Waals surface area contributed by atoms with E-state index >= 15 is 0 Å². The molecule has 2 aliphatic heterocycles. The lowest BCUT2D eigenvalue weighted by Gasteiger charge is -2.37. The fourth-order valence-electron chi connectivity index (χ4n) is 4.43. The van der Waals surface area contributed by atoms with Crippen LogP contribution in [0.3, 0.4) is 0 Å². The molecule has 1 fully saturated rings. The third-order valence-corrected chi connectivity index (χ3v) is 7.75. The molecule has 1 aromatic heterocycles. The molecule has 10 nitrogen and oxygen atoms in total. The minimum atomic E-state index is -1.01. The summed E-state index contributed by atoms with van der Waals surface area (Å²) in [5.41, 5.74) is 1.08. The van der Waals surface area contributed by atoms with Gasteiger partial charge in [-0.15, -0.1) is 0 Å². The van der Waals surface area contributed by atoms with Crippen LogP contribution in [-0.4, -0.2) is 57.8 Å². The van der Waals surface area contributed by atoms with E-state index < -0.39 is 35.5 Å². The average molecular weight is 609 g/mol. The van der Waals surface area contributed by atoms with Crippen LogP contribution in [0.25, 0.3) is 21.3 Å². The zero-order valence-corrected chi connectivity index (χ0v) is 23.8. The highest BCUT2D eigenvalue weighted by atomic mass is 35.5. The topological polar surface area (TPSA) is 130 Å². The molecule has 40 heavy (non-hydrogen) atoms. The number of carbonyl (C=O) groups is 3. The van der Waals surface area contributed by atoms with Crippen molar-refractivity contribution in [1.29, 1.82) is 0 Å². The van der Waals surface area contributed by atoms with Crippen molar-refractivity contribution in [2.24, 2.45) is 0 Å². The summed E-state index contributed by atoms with van der Waals surface area (Å²) in [6.07, 6.45) is 0.534. The van der Waals surface area contributed by atoms with Crippen LogP contribution in [0.2, 0.25) is 10.0 Å². The predicted octanol–water partition coefficient (Wildman–Crippen LogP) is 5.42. The van der Waals surface area contributed by atoms with Gasteiger partial charge in [0.1, 0.15) is 17.5 Å². The molecule has 2 aliphatic rings. The average Bonchev–Trinajstić information content (AvgIpc) is 3.26. The van der Waals surface area contributed by atoms with Crippen LogP contribution in [0.4, 0.5) is 14.3 Å². The van der Waals surface area contributed by atoms with Crippen LogP contribution in [0, 0.1) is 5.82 Å². The van der Waals surface area contributed by atoms with E-state index in [2.05, 4.69) is 15.6 Å². The molecular weight excluding hydrogens is 586 g/mol. The smallest absolute Gasteiger partial charge is 0.413 e. The SMILES string of the molecule is CC(C)(C)OC(=O)Nc1nc2c(-c3c(Cl)cc4c(c3Cl)OC(=O)C=C3CN[C@H](C(=O)O)CN3C4)ccc(F)c2s1. The second-order valence-corrected chi connectivity index (χ2v) is 11.9. The van der Waals surface area contributed by atoms with Gasteiger partial charge in [-0.05, 0) is 39.0 Å². The number of benzene rings is 2. The highest BCUT2D eigenvalue weighted by Crippen LogP contribution is 2.47. The first kappa shape index (κ1) is 28.1. The van der Waals surface area contributed by atoms with Gasteiger partial charge in [0.2, 0.25) is 0 Å². The number of thiazole rings is 1. The van der Waals surface area contributed by atoms with Gasteiger partial charge in [-0.3, -0.25) is 15.4 Å². The standard InChI is InChI=1S/C26H23Cl2FN4O6S/c1-26(2,3)39-25(37)32-24-31-20-13(4-5-15(29)22(20)40-24)18-14(27)6-11-9-33-10-16(23(35)36)30-8-12(33)7-17(34)38-21(11)19(18)28/h4-7,16,30H,8-10H2,1-3H3,(H,35,36)(H,31,32,37)/t16-/m0/s1. The van der Waals surface area contributed by atoms with Crippen LogP contribution >= 0.6 is 34.5 Å². The molecule has 1 saturated heterocycles. The van der Waals surface area contributed by atoms with Crippen molar-refractivity contribution >= 4 is 67.9 Å². The van der Waals surface area contributed by atoms with Gasteiger partial charge in [0.25, 0.3) is 0 Å². The van der Waals surface area contributed by atoms with E-state index in [0.29, 0.717) is 16.8 Å². The Morgan fingerprint density at radius 1 is 1.32 bits per heavy atom. The van der Waals surface area contributed by atoms with E-state index in [9.17, 15) is 23.9 Å². The quantitative estimate of drug-likeness (QED) is 0.263. The molecule has 0 radical (unpaired) electrons. The number of nitrogens with one attached hydrogen (secondary N) is 2. The van der Waals surface area contributed by atoms with Gasteiger partial charge in [-0.2, -0.15) is 0 Å². The Morgan fingerprint density at radius 2 is 2.08 bits per heavy atom. The fourth-order valence-corrected chi connectivity index (χ4v) is 6.06. The summed E-state index contributed by atoms with van der Waals surface area (Å²) >= 11 is 14.4. The second kappa shape index (κ2) is 10.5. The summed E-state index contributed by atoms with van der Waals surface area (Å²) in [6.45, 7) is 5.59. The Balaban J connectivity index is 1.56. The van der Waals surface area contributed by atoms with Crippen LogP contribution in [0.5, 0.6) is 5.75 Å². The first-order chi connectivity index (χ1) is 18.8. The summed E-state index contributed by atoms with van der Waals surface area (Å²) in [4.78, 5) is 42.7. The third kappa shape index (κ3) is 5.57. The lowest BCUT2D eigenvalue weighted by atomic mass is 10.00. The monoisotopic (exact) mass is 608 g/mol.